The molecule has 0 aromatic carbocycles. The number of aliphatic hydroxyl groups is 1. The molecule has 0 heterocycles. The third kappa shape index (κ3) is 2.51. The van der Waals surface area contributed by atoms with Gasteiger partial charge in [0.05, 0.1) is 0 Å². The molecule has 2 aliphatic rings. The van der Waals surface area contributed by atoms with E-state index in [-0.39, 0.29) is 12.5 Å². The number of nitrogens with one attached hydrogen (secondary N) is 1. The number of carbonyl (C=O) groups excluding carboxylic acids is 1. The van der Waals surface area contributed by atoms with Crippen LogP contribution < -0.4 is 5.32 Å². The minimum atomic E-state index is 0.241. The van der Waals surface area contributed by atoms with Crippen molar-refractivity contribution in [3.8, 4) is 0 Å². The van der Waals surface area contributed by atoms with Gasteiger partial charge in [-0.2, -0.15) is 0 Å². The van der Waals surface area contributed by atoms with Crippen molar-refractivity contribution in [3.05, 3.63) is 0 Å². The number of carbonyl (C=O) groups is 1. The Kier molecular flexibility index (Phi) is 3.62. The third-order valence-corrected chi connectivity index (χ3v) is 4.07. The topological polar surface area (TPSA) is 49.3 Å². The summed E-state index contributed by atoms with van der Waals surface area (Å²) in [6.45, 7) is 1.06. The number of aliphatic hydroxyl groups excluding tert-OH is 1. The van der Waals surface area contributed by atoms with Gasteiger partial charge >= 0.3 is 0 Å². The highest BCUT2D eigenvalue weighted by Crippen LogP contribution is 2.31. The van der Waals surface area contributed by atoms with Gasteiger partial charge in [-0.15, -0.1) is 0 Å². The molecule has 2 aliphatic carbocycles. The van der Waals surface area contributed by atoms with E-state index in [1.54, 1.807) is 0 Å². The first-order chi connectivity index (χ1) is 7.31. The molecule has 2 atom stereocenters. The number of rotatable bonds is 4. The molecule has 2 saturated carbocycles. The van der Waals surface area contributed by atoms with Gasteiger partial charge < -0.3 is 10.4 Å². The van der Waals surface area contributed by atoms with Crippen LogP contribution in [0.2, 0.25) is 0 Å². The zero-order valence-electron chi connectivity index (χ0n) is 9.24. The first-order valence-corrected chi connectivity index (χ1v) is 6.20. The van der Waals surface area contributed by atoms with E-state index < -0.39 is 0 Å². The summed E-state index contributed by atoms with van der Waals surface area (Å²) >= 11 is 0. The first-order valence-electron chi connectivity index (χ1n) is 6.20. The first kappa shape index (κ1) is 10.9. The van der Waals surface area contributed by atoms with Crippen LogP contribution in [0.15, 0.2) is 0 Å². The van der Waals surface area contributed by atoms with Gasteiger partial charge in [0, 0.05) is 19.1 Å². The molecule has 1 amide bonds. The maximum atomic E-state index is 11.6. The molecule has 0 bridgehead atoms. The molecular weight excluding hydrogens is 190 g/mol. The van der Waals surface area contributed by atoms with Crippen molar-refractivity contribution >= 4 is 5.91 Å². The fourth-order valence-corrected chi connectivity index (χ4v) is 2.67. The molecule has 0 saturated heterocycles. The summed E-state index contributed by atoms with van der Waals surface area (Å²) in [5.41, 5.74) is 0. The summed E-state index contributed by atoms with van der Waals surface area (Å²) in [5, 5.41) is 12.2. The Hall–Kier alpha value is -0.570. The van der Waals surface area contributed by atoms with Crippen LogP contribution in [0.1, 0.15) is 38.5 Å². The van der Waals surface area contributed by atoms with Crippen molar-refractivity contribution in [1.82, 2.24) is 5.32 Å². The Bertz CT molecular complexity index is 226. The lowest BCUT2D eigenvalue weighted by Gasteiger charge is -2.25. The molecule has 0 aromatic rings. The summed E-state index contributed by atoms with van der Waals surface area (Å²) < 4.78 is 0. The fraction of sp³-hybridized carbons (Fsp3) is 0.917. The van der Waals surface area contributed by atoms with Crippen molar-refractivity contribution in [2.75, 3.05) is 13.2 Å². The molecule has 2 unspecified atom stereocenters. The number of amides is 1. The Morgan fingerprint density at radius 2 is 1.80 bits per heavy atom. The Morgan fingerprint density at radius 3 is 2.40 bits per heavy atom. The van der Waals surface area contributed by atoms with E-state index in [9.17, 15) is 4.79 Å². The van der Waals surface area contributed by atoms with E-state index in [1.807, 2.05) is 0 Å². The zero-order chi connectivity index (χ0) is 10.7. The summed E-state index contributed by atoms with van der Waals surface area (Å²) in [6, 6.07) is 0. The zero-order valence-corrected chi connectivity index (χ0v) is 9.24. The molecular formula is C12H21NO2. The lowest BCUT2D eigenvalue weighted by molar-refractivity contribution is -0.127. The van der Waals surface area contributed by atoms with E-state index >= 15 is 0 Å². The normalized spacial score (nSPS) is 31.3. The molecule has 0 spiro atoms. The monoisotopic (exact) mass is 211 g/mol. The minimum Gasteiger partial charge on any atom is -0.396 e. The molecule has 0 aromatic heterocycles. The second-order valence-electron chi connectivity index (χ2n) is 5.01. The fourth-order valence-electron chi connectivity index (χ4n) is 2.67. The molecule has 0 aliphatic heterocycles. The van der Waals surface area contributed by atoms with Crippen LogP contribution in [0, 0.1) is 17.8 Å². The number of hydrogen-bond acceptors (Lipinski definition) is 2. The van der Waals surface area contributed by atoms with Gasteiger partial charge in [-0.1, -0.05) is 12.8 Å². The van der Waals surface area contributed by atoms with Crippen LogP contribution in [0.4, 0.5) is 0 Å². The summed E-state index contributed by atoms with van der Waals surface area (Å²) in [4.78, 5) is 11.6. The van der Waals surface area contributed by atoms with Crippen LogP contribution in [0.25, 0.3) is 0 Å². The van der Waals surface area contributed by atoms with Crippen LogP contribution in [-0.4, -0.2) is 24.2 Å². The highest BCUT2D eigenvalue weighted by molar-refractivity contribution is 5.79. The minimum absolute atomic E-state index is 0.241. The third-order valence-electron chi connectivity index (χ3n) is 4.07. The Morgan fingerprint density at radius 1 is 1.13 bits per heavy atom. The predicted octanol–water partition coefficient (Wildman–Crippen LogP) is 1.31. The lowest BCUT2D eigenvalue weighted by atomic mass is 9.84. The maximum Gasteiger partial charge on any atom is 0.223 e. The van der Waals surface area contributed by atoms with Gasteiger partial charge in [-0.25, -0.2) is 0 Å². The Labute approximate surface area is 91.2 Å². The van der Waals surface area contributed by atoms with Gasteiger partial charge in [-0.3, -0.25) is 4.79 Å². The molecule has 0 radical (unpaired) electrons. The average molecular weight is 211 g/mol. The molecule has 3 nitrogen and oxygen atoms in total. The second kappa shape index (κ2) is 4.97. The molecule has 15 heavy (non-hydrogen) atoms. The Balaban J connectivity index is 1.70. The van der Waals surface area contributed by atoms with Gasteiger partial charge in [0.25, 0.3) is 0 Å². The highest BCUT2D eigenvalue weighted by atomic mass is 16.3. The van der Waals surface area contributed by atoms with E-state index in [2.05, 4.69) is 5.32 Å². The van der Waals surface area contributed by atoms with Crippen LogP contribution in [0.5, 0.6) is 0 Å². The van der Waals surface area contributed by atoms with E-state index in [1.165, 1.54) is 12.8 Å². The summed E-state index contributed by atoms with van der Waals surface area (Å²) in [6.07, 6.45) is 6.84. The van der Waals surface area contributed by atoms with Crippen molar-refractivity contribution in [3.63, 3.8) is 0 Å². The molecule has 86 valence electrons. The maximum absolute atomic E-state index is 11.6. The second-order valence-corrected chi connectivity index (χ2v) is 5.01. The van der Waals surface area contributed by atoms with Crippen LogP contribution >= 0.6 is 0 Å². The molecule has 2 rings (SSSR count). The quantitative estimate of drug-likeness (QED) is 0.736. The van der Waals surface area contributed by atoms with Gasteiger partial charge in [0.1, 0.15) is 0 Å². The van der Waals surface area contributed by atoms with Crippen LogP contribution in [0.3, 0.4) is 0 Å². The van der Waals surface area contributed by atoms with Crippen molar-refractivity contribution in [2.24, 2.45) is 17.8 Å². The molecule has 2 fully saturated rings. The largest absolute Gasteiger partial charge is 0.396 e. The summed E-state index contributed by atoms with van der Waals surface area (Å²) in [7, 11) is 0. The summed E-state index contributed by atoms with van der Waals surface area (Å²) in [5.74, 6) is 1.47. The van der Waals surface area contributed by atoms with Crippen LogP contribution in [-0.2, 0) is 4.79 Å². The standard InChI is InChI=1S/C12H21NO2/c14-8-11-6-2-5-10(11)7-13-12(15)9-3-1-4-9/h9-11,14H,1-8H2,(H,13,15). The average Bonchev–Trinajstić information content (AvgIpc) is 2.58. The van der Waals surface area contributed by atoms with Crippen molar-refractivity contribution in [1.29, 1.82) is 0 Å². The number of hydrogen-bond donors (Lipinski definition) is 2. The van der Waals surface area contributed by atoms with E-state index in [0.717, 1.165) is 32.2 Å². The van der Waals surface area contributed by atoms with Gasteiger partial charge in [0.2, 0.25) is 5.91 Å². The van der Waals surface area contributed by atoms with E-state index in [4.69, 9.17) is 5.11 Å². The van der Waals surface area contributed by atoms with E-state index in [0.29, 0.717) is 17.8 Å². The molecule has 2 N–H and O–H groups in total. The molecule has 3 heteroatoms. The smallest absolute Gasteiger partial charge is 0.223 e. The van der Waals surface area contributed by atoms with Crippen molar-refractivity contribution in [2.45, 2.75) is 38.5 Å². The van der Waals surface area contributed by atoms with Gasteiger partial charge in [0.15, 0.2) is 0 Å². The van der Waals surface area contributed by atoms with Crippen molar-refractivity contribution < 1.29 is 9.90 Å². The SMILES string of the molecule is O=C(NCC1CCCC1CO)C1CCC1. The lowest BCUT2D eigenvalue weighted by Crippen LogP contribution is -2.38. The van der Waals surface area contributed by atoms with Gasteiger partial charge in [-0.05, 0) is 37.5 Å². The predicted molar refractivity (Wildman–Crippen MR) is 58.3 cm³/mol. The highest BCUT2D eigenvalue weighted by Gasteiger charge is 2.29.